The maximum atomic E-state index is 13.9. The van der Waals surface area contributed by atoms with Gasteiger partial charge in [0.2, 0.25) is 0 Å². The van der Waals surface area contributed by atoms with Crippen LogP contribution in [0.5, 0.6) is 17.2 Å². The summed E-state index contributed by atoms with van der Waals surface area (Å²) in [6.45, 7) is 4.16. The minimum Gasteiger partial charge on any atom is -0.489 e. The van der Waals surface area contributed by atoms with Crippen LogP contribution in [-0.4, -0.2) is 12.4 Å². The predicted octanol–water partition coefficient (Wildman–Crippen LogP) is 9.39. The molecule has 0 aliphatic carbocycles. The van der Waals surface area contributed by atoms with Gasteiger partial charge in [0.25, 0.3) is 0 Å². The molecule has 0 N–H and O–H groups in total. The summed E-state index contributed by atoms with van der Waals surface area (Å²) in [5.74, 6) is 1.15. The molecule has 0 radical (unpaired) electrons. The van der Waals surface area contributed by atoms with Gasteiger partial charge in [-0.1, -0.05) is 103 Å². The number of benzene rings is 5. The fourth-order valence-corrected chi connectivity index (χ4v) is 5.70. The lowest BCUT2D eigenvalue weighted by molar-refractivity contribution is 0.0976. The summed E-state index contributed by atoms with van der Waals surface area (Å²) >= 11 is 0. The molecule has 0 saturated carbocycles. The van der Waals surface area contributed by atoms with E-state index < -0.39 is 7.60 Å². The van der Waals surface area contributed by atoms with Crippen molar-refractivity contribution in [3.05, 3.63) is 161 Å². The van der Waals surface area contributed by atoms with Crippen LogP contribution in [0.1, 0.15) is 44.6 Å². The normalized spacial score (nSPS) is 12.2. The molecule has 6 nitrogen and oxygen atoms in total. The van der Waals surface area contributed by atoms with Crippen LogP contribution in [0.2, 0.25) is 0 Å². The number of ether oxygens (including phenoxy) is 2. The van der Waals surface area contributed by atoms with Gasteiger partial charge >= 0.3 is 7.60 Å². The predicted molar refractivity (Wildman–Crippen MR) is 177 cm³/mol. The van der Waals surface area contributed by atoms with Crippen LogP contribution >= 0.6 is 7.60 Å². The first-order chi connectivity index (χ1) is 21.8. The highest BCUT2D eigenvalue weighted by Crippen LogP contribution is 2.48. The van der Waals surface area contributed by atoms with E-state index in [1.54, 1.807) is 6.07 Å². The lowest BCUT2D eigenvalue weighted by Gasteiger charge is -2.20. The van der Waals surface area contributed by atoms with Crippen molar-refractivity contribution in [3.63, 3.8) is 0 Å². The number of ketones is 1. The molecule has 0 spiro atoms. The van der Waals surface area contributed by atoms with Crippen molar-refractivity contribution in [1.82, 2.24) is 0 Å². The molecule has 5 aromatic carbocycles. The van der Waals surface area contributed by atoms with Crippen molar-refractivity contribution < 1.29 is 27.9 Å². The van der Waals surface area contributed by atoms with E-state index in [1.807, 2.05) is 128 Å². The Balaban J connectivity index is 1.31. The molecule has 0 bridgehead atoms. The Kier molecular flexibility index (Phi) is 10.9. The number of carbonyl (C=O) groups is 1. The number of Topliss-reactive ketones (excluding diaryl/α,β-unsaturated/α-hetero) is 1. The minimum atomic E-state index is -3.60. The van der Waals surface area contributed by atoms with Crippen LogP contribution in [0.3, 0.4) is 0 Å². The lowest BCUT2D eigenvalue weighted by Crippen LogP contribution is -2.09. The summed E-state index contributed by atoms with van der Waals surface area (Å²) in [4.78, 5) is 13.9. The van der Waals surface area contributed by atoms with Crippen LogP contribution in [0.4, 0.5) is 0 Å². The SMILES string of the molecule is Cc1cc(OCc2ccccc2)c(C(=O)CCc2ccc(OCc3ccccc3)cc2)c(OP(C)(=O)OCc2ccccc2)c1. The number of hydrogen-bond donors (Lipinski definition) is 0. The van der Waals surface area contributed by atoms with Gasteiger partial charge in [-0.25, -0.2) is 4.57 Å². The van der Waals surface area contributed by atoms with Crippen molar-refractivity contribution in [2.24, 2.45) is 0 Å². The molecule has 1 atom stereocenters. The molecule has 0 heterocycles. The molecule has 5 aromatic rings. The number of rotatable bonds is 15. The Morgan fingerprint density at radius 3 is 1.71 bits per heavy atom. The highest BCUT2D eigenvalue weighted by molar-refractivity contribution is 7.53. The fourth-order valence-electron chi connectivity index (χ4n) is 4.76. The zero-order chi connectivity index (χ0) is 31.5. The molecule has 0 saturated heterocycles. The molecule has 1 unspecified atom stereocenters. The van der Waals surface area contributed by atoms with E-state index >= 15 is 0 Å². The summed E-state index contributed by atoms with van der Waals surface area (Å²) in [7, 11) is -3.60. The third kappa shape index (κ3) is 9.67. The fraction of sp³-hybridized carbons (Fsp3) is 0.184. The molecule has 0 fully saturated rings. The topological polar surface area (TPSA) is 71.1 Å². The van der Waals surface area contributed by atoms with E-state index in [9.17, 15) is 9.36 Å². The third-order valence-corrected chi connectivity index (χ3v) is 8.24. The summed E-state index contributed by atoms with van der Waals surface area (Å²) < 4.78 is 37.3. The smallest absolute Gasteiger partial charge is 0.376 e. The van der Waals surface area contributed by atoms with Crippen LogP contribution in [0.25, 0.3) is 0 Å². The monoisotopic (exact) mass is 620 g/mol. The number of aryl methyl sites for hydroxylation is 2. The van der Waals surface area contributed by atoms with Crippen molar-refractivity contribution in [3.8, 4) is 17.2 Å². The molecule has 0 aliphatic heterocycles. The molecular formula is C38H37O6P. The van der Waals surface area contributed by atoms with Gasteiger partial charge in [0.05, 0.1) is 6.61 Å². The quantitative estimate of drug-likeness (QED) is 0.0858. The molecule has 45 heavy (non-hydrogen) atoms. The average molecular weight is 621 g/mol. The van der Waals surface area contributed by atoms with Gasteiger partial charge in [0.15, 0.2) is 5.78 Å². The second kappa shape index (κ2) is 15.4. The molecule has 5 rings (SSSR count). The van der Waals surface area contributed by atoms with E-state index in [1.165, 1.54) is 6.66 Å². The first-order valence-corrected chi connectivity index (χ1v) is 16.9. The lowest BCUT2D eigenvalue weighted by atomic mass is 10.00. The Morgan fingerprint density at radius 2 is 1.13 bits per heavy atom. The summed E-state index contributed by atoms with van der Waals surface area (Å²) in [6.07, 6.45) is 0.696. The van der Waals surface area contributed by atoms with Gasteiger partial charge in [0.1, 0.15) is 36.0 Å². The zero-order valence-corrected chi connectivity index (χ0v) is 26.5. The van der Waals surface area contributed by atoms with E-state index in [0.717, 1.165) is 33.6 Å². The molecule has 230 valence electrons. The van der Waals surface area contributed by atoms with Crippen molar-refractivity contribution >= 4 is 13.4 Å². The van der Waals surface area contributed by atoms with Gasteiger partial charge < -0.3 is 14.0 Å². The van der Waals surface area contributed by atoms with Crippen molar-refractivity contribution in [2.45, 2.75) is 39.6 Å². The maximum absolute atomic E-state index is 13.9. The van der Waals surface area contributed by atoms with Gasteiger partial charge in [-0.3, -0.25) is 9.32 Å². The van der Waals surface area contributed by atoms with Crippen LogP contribution in [0, 0.1) is 6.92 Å². The summed E-state index contributed by atoms with van der Waals surface area (Å²) in [5, 5.41) is 0. The van der Waals surface area contributed by atoms with E-state index in [0.29, 0.717) is 18.8 Å². The number of hydrogen-bond acceptors (Lipinski definition) is 6. The van der Waals surface area contributed by atoms with Crippen LogP contribution in [-0.2, 0) is 35.3 Å². The van der Waals surface area contributed by atoms with Crippen molar-refractivity contribution in [1.29, 1.82) is 0 Å². The highest BCUT2D eigenvalue weighted by atomic mass is 31.2. The minimum absolute atomic E-state index is 0.117. The Bertz CT molecular complexity index is 1720. The van der Waals surface area contributed by atoms with Gasteiger partial charge in [-0.15, -0.1) is 0 Å². The molecule has 0 aromatic heterocycles. The highest BCUT2D eigenvalue weighted by Gasteiger charge is 2.26. The van der Waals surface area contributed by atoms with E-state index in [-0.39, 0.29) is 36.7 Å². The first-order valence-electron chi connectivity index (χ1n) is 14.9. The first kappa shape index (κ1) is 31.8. The van der Waals surface area contributed by atoms with Gasteiger partial charge in [-0.2, -0.15) is 0 Å². The standard InChI is InChI=1S/C38H37O6P/c1-29-24-36(42-27-32-14-8-4-9-15-32)38(37(25-29)44-45(2,40)43-28-33-16-10-5-11-17-33)35(39)23-20-30-18-21-34(22-19-30)41-26-31-12-6-3-7-13-31/h3-19,21-22,24-25H,20,23,26-28H2,1-2H3. The molecule has 7 heteroatoms. The Morgan fingerprint density at radius 1 is 0.622 bits per heavy atom. The maximum Gasteiger partial charge on any atom is 0.376 e. The molecule has 0 amide bonds. The Labute approximate surface area is 265 Å². The summed E-state index contributed by atoms with van der Waals surface area (Å²) in [5.41, 5.74) is 4.97. The van der Waals surface area contributed by atoms with Crippen LogP contribution in [0.15, 0.2) is 127 Å². The average Bonchev–Trinajstić information content (AvgIpc) is 3.06. The largest absolute Gasteiger partial charge is 0.489 e. The second-order valence-electron chi connectivity index (χ2n) is 10.9. The van der Waals surface area contributed by atoms with Crippen molar-refractivity contribution in [2.75, 3.05) is 6.66 Å². The summed E-state index contributed by atoms with van der Waals surface area (Å²) in [6, 6.07) is 40.4. The molecular weight excluding hydrogens is 583 g/mol. The third-order valence-electron chi connectivity index (χ3n) is 7.11. The molecule has 0 aliphatic rings. The van der Waals surface area contributed by atoms with Gasteiger partial charge in [0, 0.05) is 13.1 Å². The van der Waals surface area contributed by atoms with Crippen LogP contribution < -0.4 is 14.0 Å². The Hall–Kier alpha value is -4.64. The van der Waals surface area contributed by atoms with E-state index in [2.05, 4.69) is 0 Å². The zero-order valence-electron chi connectivity index (χ0n) is 25.6. The second-order valence-corrected chi connectivity index (χ2v) is 12.9. The number of carbonyl (C=O) groups excluding carboxylic acids is 1. The van der Waals surface area contributed by atoms with E-state index in [4.69, 9.17) is 18.5 Å². The van der Waals surface area contributed by atoms with Gasteiger partial charge in [-0.05, 0) is 65.4 Å².